The minimum atomic E-state index is -0.102. The Morgan fingerprint density at radius 3 is 2.39 bits per heavy atom. The quantitative estimate of drug-likeness (QED) is 0.454. The molecule has 1 atom stereocenters. The van der Waals surface area contributed by atoms with Gasteiger partial charge in [0, 0.05) is 6.04 Å². The Balaban J connectivity index is 3.30. The van der Waals surface area contributed by atoms with Gasteiger partial charge in [0.05, 0.1) is 13.0 Å². The van der Waals surface area contributed by atoms with Gasteiger partial charge >= 0.3 is 5.97 Å². The molecule has 0 aliphatic heterocycles. The predicted molar refractivity (Wildman–Crippen MR) is 76.6 cm³/mol. The standard InChI is InChI=1S/C15H31NO2/c1-5-18-15(17)12-14(4)16-11-9-7-6-8-10-13(2)3/h13-14,16H,5-12H2,1-4H3. The SMILES string of the molecule is CCOC(=O)CC(C)NCCCCCCC(C)C. The molecule has 0 aliphatic rings. The maximum absolute atomic E-state index is 11.2. The Labute approximate surface area is 113 Å². The molecule has 0 aliphatic carbocycles. The number of carbonyl (C=O) groups is 1. The van der Waals surface area contributed by atoms with Crippen LogP contribution in [-0.2, 0) is 9.53 Å². The van der Waals surface area contributed by atoms with Gasteiger partial charge in [-0.2, -0.15) is 0 Å². The molecule has 18 heavy (non-hydrogen) atoms. The van der Waals surface area contributed by atoms with Crippen LogP contribution in [0.1, 0.15) is 66.2 Å². The van der Waals surface area contributed by atoms with Crippen LogP contribution < -0.4 is 5.32 Å². The summed E-state index contributed by atoms with van der Waals surface area (Å²) in [4.78, 5) is 11.2. The van der Waals surface area contributed by atoms with Crippen molar-refractivity contribution >= 4 is 5.97 Å². The van der Waals surface area contributed by atoms with Crippen LogP contribution in [-0.4, -0.2) is 25.2 Å². The zero-order chi connectivity index (χ0) is 13.8. The second-order valence-electron chi connectivity index (χ2n) is 5.46. The first-order chi connectivity index (χ1) is 8.56. The zero-order valence-electron chi connectivity index (χ0n) is 12.6. The molecule has 0 aromatic carbocycles. The van der Waals surface area contributed by atoms with Crippen molar-refractivity contribution in [3.63, 3.8) is 0 Å². The number of nitrogens with one attached hydrogen (secondary N) is 1. The van der Waals surface area contributed by atoms with Crippen molar-refractivity contribution in [1.82, 2.24) is 5.32 Å². The molecule has 0 rings (SSSR count). The fraction of sp³-hybridized carbons (Fsp3) is 0.933. The number of unbranched alkanes of at least 4 members (excludes halogenated alkanes) is 3. The third-order valence-corrected chi connectivity index (χ3v) is 2.98. The number of hydrogen-bond donors (Lipinski definition) is 1. The summed E-state index contributed by atoms with van der Waals surface area (Å²) in [6.45, 7) is 9.91. The minimum absolute atomic E-state index is 0.102. The van der Waals surface area contributed by atoms with E-state index in [9.17, 15) is 4.79 Å². The van der Waals surface area contributed by atoms with E-state index in [1.807, 2.05) is 13.8 Å². The summed E-state index contributed by atoms with van der Waals surface area (Å²) in [5, 5.41) is 3.37. The lowest BCUT2D eigenvalue weighted by molar-refractivity contribution is -0.143. The first kappa shape index (κ1) is 17.4. The lowest BCUT2D eigenvalue weighted by Gasteiger charge is -2.12. The van der Waals surface area contributed by atoms with Crippen LogP contribution in [0.5, 0.6) is 0 Å². The average molecular weight is 257 g/mol. The van der Waals surface area contributed by atoms with Crippen LogP contribution in [0.2, 0.25) is 0 Å². The van der Waals surface area contributed by atoms with E-state index in [1.54, 1.807) is 0 Å². The first-order valence-corrected chi connectivity index (χ1v) is 7.45. The Morgan fingerprint density at radius 2 is 1.78 bits per heavy atom. The zero-order valence-corrected chi connectivity index (χ0v) is 12.6. The Hall–Kier alpha value is -0.570. The van der Waals surface area contributed by atoms with Crippen LogP contribution >= 0.6 is 0 Å². The van der Waals surface area contributed by atoms with Gasteiger partial charge in [-0.15, -0.1) is 0 Å². The first-order valence-electron chi connectivity index (χ1n) is 7.45. The second-order valence-corrected chi connectivity index (χ2v) is 5.46. The van der Waals surface area contributed by atoms with Gasteiger partial charge in [-0.3, -0.25) is 4.79 Å². The van der Waals surface area contributed by atoms with Crippen molar-refractivity contribution in [2.45, 2.75) is 72.3 Å². The highest BCUT2D eigenvalue weighted by atomic mass is 16.5. The third kappa shape index (κ3) is 11.9. The minimum Gasteiger partial charge on any atom is -0.466 e. The normalized spacial score (nSPS) is 12.7. The maximum Gasteiger partial charge on any atom is 0.307 e. The van der Waals surface area contributed by atoms with E-state index >= 15 is 0 Å². The summed E-state index contributed by atoms with van der Waals surface area (Å²) in [6, 6.07) is 0.222. The van der Waals surface area contributed by atoms with E-state index in [2.05, 4.69) is 19.2 Å². The topological polar surface area (TPSA) is 38.3 Å². The van der Waals surface area contributed by atoms with Crippen LogP contribution in [0, 0.1) is 5.92 Å². The smallest absolute Gasteiger partial charge is 0.307 e. The van der Waals surface area contributed by atoms with Crippen molar-refractivity contribution in [3.8, 4) is 0 Å². The summed E-state index contributed by atoms with van der Waals surface area (Å²) in [5.74, 6) is 0.724. The van der Waals surface area contributed by atoms with Crippen molar-refractivity contribution in [2.75, 3.05) is 13.2 Å². The van der Waals surface area contributed by atoms with E-state index < -0.39 is 0 Å². The molecule has 1 unspecified atom stereocenters. The summed E-state index contributed by atoms with van der Waals surface area (Å²) < 4.78 is 4.92. The van der Waals surface area contributed by atoms with Crippen LogP contribution in [0.15, 0.2) is 0 Å². The van der Waals surface area contributed by atoms with Crippen molar-refractivity contribution in [1.29, 1.82) is 0 Å². The molecule has 0 fully saturated rings. The van der Waals surface area contributed by atoms with E-state index in [0.717, 1.165) is 12.5 Å². The van der Waals surface area contributed by atoms with Gasteiger partial charge in [-0.1, -0.05) is 39.5 Å². The van der Waals surface area contributed by atoms with Gasteiger partial charge in [0.2, 0.25) is 0 Å². The number of rotatable bonds is 11. The van der Waals surface area contributed by atoms with Crippen LogP contribution in [0.3, 0.4) is 0 Å². The highest BCUT2D eigenvalue weighted by Gasteiger charge is 2.08. The number of ether oxygens (including phenoxy) is 1. The molecular formula is C15H31NO2. The van der Waals surface area contributed by atoms with Gasteiger partial charge in [0.1, 0.15) is 0 Å². The molecule has 3 heteroatoms. The van der Waals surface area contributed by atoms with Gasteiger partial charge in [0.25, 0.3) is 0 Å². The fourth-order valence-corrected chi connectivity index (χ4v) is 1.92. The Bertz CT molecular complexity index is 205. The van der Waals surface area contributed by atoms with E-state index in [1.165, 1.54) is 32.1 Å². The van der Waals surface area contributed by atoms with Crippen LogP contribution in [0.25, 0.3) is 0 Å². The van der Waals surface area contributed by atoms with Gasteiger partial charge in [-0.25, -0.2) is 0 Å². The highest BCUT2D eigenvalue weighted by Crippen LogP contribution is 2.09. The molecule has 0 radical (unpaired) electrons. The van der Waals surface area contributed by atoms with Gasteiger partial charge < -0.3 is 10.1 Å². The molecule has 0 bridgehead atoms. The Kier molecular flexibility index (Phi) is 11.2. The number of carbonyl (C=O) groups excluding carboxylic acids is 1. The molecule has 0 heterocycles. The molecule has 0 aromatic rings. The lowest BCUT2D eigenvalue weighted by atomic mass is 10.0. The summed E-state index contributed by atoms with van der Waals surface area (Å²) in [5.41, 5.74) is 0. The molecule has 108 valence electrons. The summed E-state index contributed by atoms with van der Waals surface area (Å²) in [7, 11) is 0. The average Bonchev–Trinajstić information content (AvgIpc) is 2.27. The van der Waals surface area contributed by atoms with E-state index in [4.69, 9.17) is 4.74 Å². The maximum atomic E-state index is 11.2. The van der Waals surface area contributed by atoms with E-state index in [0.29, 0.717) is 13.0 Å². The number of esters is 1. The Morgan fingerprint density at radius 1 is 1.11 bits per heavy atom. The largest absolute Gasteiger partial charge is 0.466 e. The molecule has 0 saturated heterocycles. The number of hydrogen-bond acceptors (Lipinski definition) is 3. The van der Waals surface area contributed by atoms with Crippen molar-refractivity contribution < 1.29 is 9.53 Å². The van der Waals surface area contributed by atoms with Crippen molar-refractivity contribution in [2.24, 2.45) is 5.92 Å². The van der Waals surface area contributed by atoms with Crippen molar-refractivity contribution in [3.05, 3.63) is 0 Å². The van der Waals surface area contributed by atoms with E-state index in [-0.39, 0.29) is 12.0 Å². The second kappa shape index (κ2) is 11.5. The molecule has 0 saturated carbocycles. The molecule has 0 aromatic heterocycles. The molecule has 0 spiro atoms. The third-order valence-electron chi connectivity index (χ3n) is 2.98. The van der Waals surface area contributed by atoms with Crippen LogP contribution in [0.4, 0.5) is 0 Å². The molecular weight excluding hydrogens is 226 g/mol. The van der Waals surface area contributed by atoms with Gasteiger partial charge in [-0.05, 0) is 32.7 Å². The lowest BCUT2D eigenvalue weighted by Crippen LogP contribution is -2.30. The highest BCUT2D eigenvalue weighted by molar-refractivity contribution is 5.69. The molecule has 3 nitrogen and oxygen atoms in total. The fourth-order valence-electron chi connectivity index (χ4n) is 1.92. The molecule has 0 amide bonds. The summed E-state index contributed by atoms with van der Waals surface area (Å²) in [6.07, 6.45) is 6.97. The monoisotopic (exact) mass is 257 g/mol. The summed E-state index contributed by atoms with van der Waals surface area (Å²) >= 11 is 0. The predicted octanol–water partition coefficient (Wildman–Crippen LogP) is 3.52. The molecule has 1 N–H and O–H groups in total. The van der Waals surface area contributed by atoms with Gasteiger partial charge in [0.15, 0.2) is 0 Å².